The molecule has 1 N–H and O–H groups in total. The molecule has 0 aliphatic heterocycles. The first-order valence-electron chi connectivity index (χ1n) is 5.33. The van der Waals surface area contributed by atoms with E-state index in [1.807, 2.05) is 26.0 Å². The Labute approximate surface area is 107 Å². The highest BCUT2D eigenvalue weighted by atomic mass is 79.9. The van der Waals surface area contributed by atoms with Crippen molar-refractivity contribution in [1.82, 2.24) is 15.0 Å². The van der Waals surface area contributed by atoms with Gasteiger partial charge in [-0.15, -0.1) is 0 Å². The lowest BCUT2D eigenvalue weighted by Crippen LogP contribution is -2.13. The molecule has 2 heterocycles. The lowest BCUT2D eigenvalue weighted by atomic mass is 10.2. The number of H-pyrrole nitrogens is 1. The molecule has 0 radical (unpaired) electrons. The molecule has 2 rings (SSSR count). The Bertz CT molecular complexity index is 590. The van der Waals surface area contributed by atoms with Gasteiger partial charge in [0.15, 0.2) is 0 Å². The standard InChI is InChI=1S/C12H12BrN3O/c1-3-9-10(13)12(17)16-11(15-9)8-5-4-7(2)14-6-8/h4-6H,3H2,1-2H3,(H,15,16,17). The first kappa shape index (κ1) is 12.0. The van der Waals surface area contributed by atoms with Crippen LogP contribution in [0, 0.1) is 6.92 Å². The van der Waals surface area contributed by atoms with Gasteiger partial charge in [0, 0.05) is 17.5 Å². The lowest BCUT2D eigenvalue weighted by molar-refractivity contribution is 0.968. The predicted octanol–water partition coefficient (Wildman–Crippen LogP) is 2.47. The number of hydrogen-bond acceptors (Lipinski definition) is 3. The van der Waals surface area contributed by atoms with Gasteiger partial charge in [0.25, 0.3) is 5.56 Å². The number of aryl methyl sites for hydroxylation is 2. The van der Waals surface area contributed by atoms with E-state index < -0.39 is 0 Å². The van der Waals surface area contributed by atoms with Gasteiger partial charge >= 0.3 is 0 Å². The van der Waals surface area contributed by atoms with E-state index in [-0.39, 0.29) is 5.56 Å². The van der Waals surface area contributed by atoms with Crippen LogP contribution in [0.3, 0.4) is 0 Å². The molecule has 0 aliphatic rings. The zero-order valence-corrected chi connectivity index (χ0v) is 11.2. The summed E-state index contributed by atoms with van der Waals surface area (Å²) in [6.07, 6.45) is 2.41. The fraction of sp³-hybridized carbons (Fsp3) is 0.250. The van der Waals surface area contributed by atoms with Crippen molar-refractivity contribution in [2.24, 2.45) is 0 Å². The van der Waals surface area contributed by atoms with E-state index >= 15 is 0 Å². The zero-order valence-electron chi connectivity index (χ0n) is 9.62. The van der Waals surface area contributed by atoms with Crippen LogP contribution >= 0.6 is 15.9 Å². The second-order valence-corrected chi connectivity index (χ2v) is 4.51. The van der Waals surface area contributed by atoms with Crippen LogP contribution in [0.1, 0.15) is 18.3 Å². The summed E-state index contributed by atoms with van der Waals surface area (Å²) >= 11 is 3.24. The minimum Gasteiger partial charge on any atom is -0.305 e. The molecule has 0 saturated carbocycles. The summed E-state index contributed by atoms with van der Waals surface area (Å²) in [5, 5.41) is 0. The van der Waals surface area contributed by atoms with Gasteiger partial charge < -0.3 is 4.98 Å². The summed E-state index contributed by atoms with van der Waals surface area (Å²) in [4.78, 5) is 23.0. The van der Waals surface area contributed by atoms with E-state index in [0.29, 0.717) is 16.7 Å². The van der Waals surface area contributed by atoms with Crippen LogP contribution in [0.2, 0.25) is 0 Å². The first-order chi connectivity index (χ1) is 8.11. The average Bonchev–Trinajstić information content (AvgIpc) is 2.33. The summed E-state index contributed by atoms with van der Waals surface area (Å²) in [6, 6.07) is 3.79. The molecule has 0 aliphatic carbocycles. The molecule has 2 aromatic rings. The Morgan fingerprint density at radius 2 is 2.18 bits per heavy atom. The van der Waals surface area contributed by atoms with Gasteiger partial charge in [-0.1, -0.05) is 6.92 Å². The van der Waals surface area contributed by atoms with Crippen LogP contribution in [0.4, 0.5) is 0 Å². The number of pyridine rings is 1. The number of hydrogen-bond donors (Lipinski definition) is 1. The van der Waals surface area contributed by atoms with Gasteiger partial charge in [0.05, 0.1) is 5.69 Å². The number of rotatable bonds is 2. The highest BCUT2D eigenvalue weighted by Crippen LogP contribution is 2.16. The van der Waals surface area contributed by atoms with Crippen LogP contribution < -0.4 is 5.56 Å². The van der Waals surface area contributed by atoms with Crippen LogP contribution in [-0.4, -0.2) is 15.0 Å². The van der Waals surface area contributed by atoms with Crippen molar-refractivity contribution >= 4 is 15.9 Å². The smallest absolute Gasteiger partial charge is 0.265 e. The van der Waals surface area contributed by atoms with E-state index in [2.05, 4.69) is 30.9 Å². The summed E-state index contributed by atoms with van der Waals surface area (Å²) in [5.74, 6) is 0.558. The van der Waals surface area contributed by atoms with Gasteiger partial charge in [-0.2, -0.15) is 0 Å². The van der Waals surface area contributed by atoms with Crippen molar-refractivity contribution in [3.8, 4) is 11.4 Å². The van der Waals surface area contributed by atoms with Gasteiger partial charge in [0.2, 0.25) is 0 Å². The van der Waals surface area contributed by atoms with Crippen molar-refractivity contribution in [3.63, 3.8) is 0 Å². The van der Waals surface area contributed by atoms with E-state index in [0.717, 1.165) is 17.0 Å². The monoisotopic (exact) mass is 293 g/mol. The molecule has 0 aromatic carbocycles. The third kappa shape index (κ3) is 2.44. The van der Waals surface area contributed by atoms with E-state index in [4.69, 9.17) is 0 Å². The Morgan fingerprint density at radius 3 is 2.76 bits per heavy atom. The maximum atomic E-state index is 11.7. The van der Waals surface area contributed by atoms with Crippen molar-refractivity contribution in [3.05, 3.63) is 44.5 Å². The third-order valence-corrected chi connectivity index (χ3v) is 3.27. The highest BCUT2D eigenvalue weighted by Gasteiger charge is 2.08. The lowest BCUT2D eigenvalue weighted by Gasteiger charge is -2.04. The number of halogens is 1. The largest absolute Gasteiger partial charge is 0.305 e. The summed E-state index contributed by atoms with van der Waals surface area (Å²) in [5.41, 5.74) is 2.34. The zero-order chi connectivity index (χ0) is 12.4. The molecule has 4 nitrogen and oxygen atoms in total. The topological polar surface area (TPSA) is 58.6 Å². The molecule has 5 heteroatoms. The number of aromatic nitrogens is 3. The quantitative estimate of drug-likeness (QED) is 0.925. The van der Waals surface area contributed by atoms with Crippen LogP contribution in [0.25, 0.3) is 11.4 Å². The molecular formula is C12H12BrN3O. The van der Waals surface area contributed by atoms with Crippen LogP contribution in [-0.2, 0) is 6.42 Å². The Hall–Kier alpha value is -1.49. The molecule has 0 bridgehead atoms. The molecule has 17 heavy (non-hydrogen) atoms. The highest BCUT2D eigenvalue weighted by molar-refractivity contribution is 9.10. The van der Waals surface area contributed by atoms with Crippen molar-refractivity contribution in [2.75, 3.05) is 0 Å². The van der Waals surface area contributed by atoms with Gasteiger partial charge in [-0.25, -0.2) is 4.98 Å². The van der Waals surface area contributed by atoms with Crippen molar-refractivity contribution < 1.29 is 0 Å². The maximum absolute atomic E-state index is 11.7. The van der Waals surface area contributed by atoms with E-state index in [1.165, 1.54) is 0 Å². The second-order valence-electron chi connectivity index (χ2n) is 3.72. The van der Waals surface area contributed by atoms with Gasteiger partial charge in [-0.3, -0.25) is 9.78 Å². The van der Waals surface area contributed by atoms with E-state index in [1.54, 1.807) is 6.20 Å². The average molecular weight is 294 g/mol. The summed E-state index contributed by atoms with van der Waals surface area (Å²) in [7, 11) is 0. The third-order valence-electron chi connectivity index (χ3n) is 2.45. The summed E-state index contributed by atoms with van der Waals surface area (Å²) < 4.78 is 0.504. The van der Waals surface area contributed by atoms with Crippen molar-refractivity contribution in [2.45, 2.75) is 20.3 Å². The summed E-state index contributed by atoms with van der Waals surface area (Å²) in [6.45, 7) is 3.88. The Kier molecular flexibility index (Phi) is 3.38. The van der Waals surface area contributed by atoms with Crippen LogP contribution in [0.5, 0.6) is 0 Å². The SMILES string of the molecule is CCc1nc(-c2ccc(C)nc2)[nH]c(=O)c1Br. The Balaban J connectivity index is 2.56. The molecule has 0 spiro atoms. The predicted molar refractivity (Wildman–Crippen MR) is 69.9 cm³/mol. The van der Waals surface area contributed by atoms with Crippen molar-refractivity contribution in [1.29, 1.82) is 0 Å². The van der Waals surface area contributed by atoms with Crippen LogP contribution in [0.15, 0.2) is 27.6 Å². The minimum atomic E-state index is -0.160. The molecule has 0 fully saturated rings. The molecule has 0 saturated heterocycles. The number of aromatic amines is 1. The molecular weight excluding hydrogens is 282 g/mol. The Morgan fingerprint density at radius 1 is 1.41 bits per heavy atom. The fourth-order valence-electron chi connectivity index (χ4n) is 1.48. The molecule has 2 aromatic heterocycles. The van der Waals surface area contributed by atoms with E-state index in [9.17, 15) is 4.79 Å². The second kappa shape index (κ2) is 4.79. The first-order valence-corrected chi connectivity index (χ1v) is 6.13. The number of nitrogens with zero attached hydrogens (tertiary/aromatic N) is 2. The minimum absolute atomic E-state index is 0.160. The molecule has 0 unspecified atom stereocenters. The van der Waals surface area contributed by atoms with Gasteiger partial charge in [-0.05, 0) is 41.4 Å². The molecule has 0 amide bonds. The maximum Gasteiger partial charge on any atom is 0.265 e. The molecule has 0 atom stereocenters. The molecule has 88 valence electrons. The normalized spacial score (nSPS) is 10.5. The number of nitrogens with one attached hydrogen (secondary N) is 1. The fourth-order valence-corrected chi connectivity index (χ4v) is 1.95. The van der Waals surface area contributed by atoms with Gasteiger partial charge in [0.1, 0.15) is 10.3 Å².